The Morgan fingerprint density at radius 1 is 0.610 bits per heavy atom. The molecule has 8 rings (SSSR count). The smallest absolute Gasteiger partial charge is 0.261 e. The van der Waals surface area contributed by atoms with Crippen molar-refractivity contribution in [1.29, 1.82) is 0 Å². The number of ether oxygens (including phenoxy) is 1. The van der Waals surface area contributed by atoms with E-state index >= 15 is 0 Å². The number of nitrogens with zero attached hydrogens (tertiary/aromatic N) is 4. The van der Waals surface area contributed by atoms with Crippen molar-refractivity contribution in [3.63, 3.8) is 0 Å². The summed E-state index contributed by atoms with van der Waals surface area (Å²) in [5.41, 5.74) is 7.80. The molecule has 1 atom stereocenters. The number of aryl methyl sites for hydroxylation is 1. The number of rotatable bonds is 20. The Hall–Kier alpha value is -5.43. The molecule has 0 N–H and O–H groups in total. The van der Waals surface area contributed by atoms with Gasteiger partial charge in [0.15, 0.2) is 0 Å². The number of hydrazone groups is 1. The number of anilines is 1. The van der Waals surface area contributed by atoms with Crippen LogP contribution < -0.4 is 9.75 Å². The molecule has 6 aromatic rings. The van der Waals surface area contributed by atoms with Crippen LogP contribution in [0, 0.1) is 0 Å². The lowest BCUT2D eigenvalue weighted by Gasteiger charge is -2.30. The van der Waals surface area contributed by atoms with Gasteiger partial charge >= 0.3 is 0 Å². The molecule has 7 heteroatoms. The fourth-order valence-corrected chi connectivity index (χ4v) is 9.46. The number of carbonyl (C=O) groups is 2. The number of methoxy groups -OCH3 is 1. The van der Waals surface area contributed by atoms with Crippen molar-refractivity contribution in [3.8, 4) is 5.75 Å². The maximum atomic E-state index is 14.1. The molecule has 0 spiro atoms. The van der Waals surface area contributed by atoms with Crippen molar-refractivity contribution in [2.24, 2.45) is 5.10 Å². The molecule has 2 amide bonds. The van der Waals surface area contributed by atoms with Gasteiger partial charge in [-0.1, -0.05) is 127 Å². The molecular formula is C52H60N4O3. The predicted molar refractivity (Wildman–Crippen MR) is 244 cm³/mol. The Bertz CT molecular complexity index is 2440. The van der Waals surface area contributed by atoms with Crippen LogP contribution in [0.2, 0.25) is 0 Å². The van der Waals surface area contributed by atoms with Crippen LogP contribution in [0.4, 0.5) is 5.69 Å². The van der Waals surface area contributed by atoms with Crippen LogP contribution in [0.25, 0.3) is 32.6 Å². The van der Waals surface area contributed by atoms with Crippen molar-refractivity contribution >= 4 is 55.8 Å². The molecule has 2 aliphatic rings. The molecule has 0 bridgehead atoms. The zero-order valence-electron chi connectivity index (χ0n) is 35.3. The normalized spacial score (nSPS) is 15.3. The quantitative estimate of drug-likeness (QED) is 0.0571. The number of carbonyl (C=O) groups excluding carboxylic acids is 2. The van der Waals surface area contributed by atoms with Crippen LogP contribution >= 0.6 is 0 Å². The van der Waals surface area contributed by atoms with Gasteiger partial charge in [0.1, 0.15) is 5.75 Å². The maximum Gasteiger partial charge on any atom is 0.261 e. The molecule has 0 radical (unpaired) electrons. The Kier molecular flexibility index (Phi) is 12.8. The zero-order valence-corrected chi connectivity index (χ0v) is 35.3. The Morgan fingerprint density at radius 3 is 1.97 bits per heavy atom. The molecular weight excluding hydrogens is 729 g/mol. The summed E-state index contributed by atoms with van der Waals surface area (Å²) in [6.45, 7) is 5.96. The predicted octanol–water partition coefficient (Wildman–Crippen LogP) is 13.4. The van der Waals surface area contributed by atoms with Crippen molar-refractivity contribution in [3.05, 3.63) is 119 Å². The highest BCUT2D eigenvalue weighted by Crippen LogP contribution is 2.44. The highest BCUT2D eigenvalue weighted by atomic mass is 16.5. The third-order valence-corrected chi connectivity index (χ3v) is 12.7. The summed E-state index contributed by atoms with van der Waals surface area (Å²) in [4.78, 5) is 29.7. The standard InChI is InChI=1S/C52H60N4O3/c1-4-6-8-10-11-12-13-14-15-19-34-55-51(57)42-23-20-22-41-48(32-30-43(50(41)42)52(55)58)56-49(36-45(53-56)37-25-28-39(59-3)29-26-37)38-27-31-47-44(35-38)40-21-16-17-24-46(40)54(47)33-18-9-7-5-2/h16-17,20-32,35,49H,4-15,18-19,33-34,36H2,1-3H3. The average molecular weight is 789 g/mol. The number of amides is 2. The lowest BCUT2D eigenvalue weighted by Crippen LogP contribution is -2.41. The third-order valence-electron chi connectivity index (χ3n) is 12.7. The van der Waals surface area contributed by atoms with Crippen molar-refractivity contribution in [2.45, 2.75) is 123 Å². The highest BCUT2D eigenvalue weighted by molar-refractivity contribution is 6.27. The van der Waals surface area contributed by atoms with Gasteiger partial charge in [0.05, 0.1) is 24.6 Å². The van der Waals surface area contributed by atoms with Crippen LogP contribution in [0.3, 0.4) is 0 Å². The third kappa shape index (κ3) is 8.26. The number of para-hydroxylation sites is 1. The van der Waals surface area contributed by atoms with Gasteiger partial charge in [0, 0.05) is 63.2 Å². The minimum absolute atomic E-state index is 0.108. The van der Waals surface area contributed by atoms with E-state index in [4.69, 9.17) is 9.84 Å². The minimum Gasteiger partial charge on any atom is -0.497 e. The number of hydrogen-bond donors (Lipinski definition) is 0. The largest absolute Gasteiger partial charge is 0.497 e. The van der Waals surface area contributed by atoms with E-state index in [2.05, 4.69) is 78.0 Å². The van der Waals surface area contributed by atoms with E-state index in [-0.39, 0.29) is 17.9 Å². The van der Waals surface area contributed by atoms with Crippen LogP contribution in [-0.4, -0.2) is 40.6 Å². The Balaban J connectivity index is 1.10. The first-order valence-corrected chi connectivity index (χ1v) is 22.5. The van der Waals surface area contributed by atoms with E-state index in [0.29, 0.717) is 24.1 Å². The summed E-state index contributed by atoms with van der Waals surface area (Å²) in [6.07, 6.45) is 17.6. The fraction of sp³-hybridized carbons (Fsp3) is 0.404. The lowest BCUT2D eigenvalue weighted by atomic mass is 9.91. The minimum atomic E-state index is -0.196. The molecule has 0 saturated heterocycles. The van der Waals surface area contributed by atoms with E-state index < -0.39 is 0 Å². The van der Waals surface area contributed by atoms with Gasteiger partial charge in [0.2, 0.25) is 0 Å². The molecule has 0 aliphatic carbocycles. The molecule has 3 heterocycles. The molecule has 1 unspecified atom stereocenters. The van der Waals surface area contributed by atoms with Gasteiger partial charge < -0.3 is 9.30 Å². The van der Waals surface area contributed by atoms with E-state index in [1.165, 1.54) is 96.5 Å². The van der Waals surface area contributed by atoms with Crippen molar-refractivity contribution < 1.29 is 14.3 Å². The summed E-state index contributed by atoms with van der Waals surface area (Å²) in [5, 5.41) is 11.6. The summed E-state index contributed by atoms with van der Waals surface area (Å²) in [6, 6.07) is 33.6. The molecule has 2 aliphatic heterocycles. The lowest BCUT2D eigenvalue weighted by molar-refractivity contribution is 0.0607. The molecule has 0 fully saturated rings. The van der Waals surface area contributed by atoms with Gasteiger partial charge in [-0.15, -0.1) is 0 Å². The topological polar surface area (TPSA) is 67.1 Å². The number of fused-ring (bicyclic) bond motifs is 3. The van der Waals surface area contributed by atoms with Crippen LogP contribution in [0.15, 0.2) is 102 Å². The molecule has 5 aromatic carbocycles. The summed E-state index contributed by atoms with van der Waals surface area (Å²) < 4.78 is 7.98. The number of imide groups is 1. The average Bonchev–Trinajstić information content (AvgIpc) is 3.85. The van der Waals surface area contributed by atoms with Gasteiger partial charge in [0.25, 0.3) is 11.8 Å². The number of hydrogen-bond acceptors (Lipinski definition) is 5. The second kappa shape index (κ2) is 18.7. The van der Waals surface area contributed by atoms with Crippen molar-refractivity contribution in [2.75, 3.05) is 18.7 Å². The first-order valence-electron chi connectivity index (χ1n) is 22.5. The van der Waals surface area contributed by atoms with Gasteiger partial charge in [-0.25, -0.2) is 0 Å². The second-order valence-corrected chi connectivity index (χ2v) is 16.7. The summed E-state index contributed by atoms with van der Waals surface area (Å²) in [5.74, 6) is 0.411. The molecule has 0 saturated carbocycles. The van der Waals surface area contributed by atoms with E-state index in [0.717, 1.165) is 65.7 Å². The van der Waals surface area contributed by atoms with Gasteiger partial charge in [-0.2, -0.15) is 5.10 Å². The van der Waals surface area contributed by atoms with Crippen LogP contribution in [-0.2, 0) is 6.54 Å². The number of unbranched alkanes of at least 4 members (excludes halogenated alkanes) is 12. The summed E-state index contributed by atoms with van der Waals surface area (Å²) >= 11 is 0. The summed E-state index contributed by atoms with van der Waals surface area (Å²) in [7, 11) is 1.68. The van der Waals surface area contributed by atoms with E-state index in [9.17, 15) is 9.59 Å². The molecule has 59 heavy (non-hydrogen) atoms. The van der Waals surface area contributed by atoms with Gasteiger partial charge in [-0.05, 0) is 84.6 Å². The zero-order chi connectivity index (χ0) is 40.7. The highest BCUT2D eigenvalue weighted by Gasteiger charge is 2.36. The fourth-order valence-electron chi connectivity index (χ4n) is 9.46. The molecule has 306 valence electrons. The first kappa shape index (κ1) is 40.4. The van der Waals surface area contributed by atoms with E-state index in [1.54, 1.807) is 7.11 Å². The SMILES string of the molecule is CCCCCCCCCCCCN1C(=O)c2cccc3c(N4N=C(c5ccc(OC)cc5)CC4c4ccc5c(c4)c4ccccc4n5CCCCCC)ccc(c23)C1=O. The molecule has 1 aromatic heterocycles. The molecule has 7 nitrogen and oxygen atoms in total. The van der Waals surface area contributed by atoms with E-state index in [1.807, 2.05) is 42.5 Å². The Labute approximate surface area is 350 Å². The van der Waals surface area contributed by atoms with Crippen LogP contribution in [0.1, 0.15) is 148 Å². The number of benzene rings is 5. The first-order chi connectivity index (χ1) is 29.0. The van der Waals surface area contributed by atoms with Crippen LogP contribution in [0.5, 0.6) is 5.75 Å². The van der Waals surface area contributed by atoms with Gasteiger partial charge in [-0.3, -0.25) is 19.5 Å². The Morgan fingerprint density at radius 2 is 1.24 bits per heavy atom. The second-order valence-electron chi connectivity index (χ2n) is 16.7. The maximum absolute atomic E-state index is 14.1. The van der Waals surface area contributed by atoms with Crippen molar-refractivity contribution in [1.82, 2.24) is 9.47 Å². The monoisotopic (exact) mass is 788 g/mol. The number of aromatic nitrogens is 1.